The standard InChI is InChI=1S/C18H22N6O7S2/c1-7-6-32-15-10(14(27)24(15)11(7)16(28)29)20-13(26)9(12-21-17(19)33-23-12)22-30-5-8(25)31-18(2,3)4/h10,15H,5-6H2,1-4H3,(H,20,26)(H,28,29)(H2,19,21,23)/b22-9-/t10?,15-/m1/s1. The van der Waals surface area contributed by atoms with E-state index < -0.39 is 53.1 Å². The summed E-state index contributed by atoms with van der Waals surface area (Å²) in [7, 11) is 0. The number of hydrogen-bond acceptors (Lipinski definition) is 12. The zero-order valence-corrected chi connectivity index (χ0v) is 19.8. The van der Waals surface area contributed by atoms with Crippen molar-refractivity contribution in [2.45, 2.75) is 44.7 Å². The molecule has 1 unspecified atom stereocenters. The van der Waals surface area contributed by atoms with E-state index in [4.69, 9.17) is 15.3 Å². The van der Waals surface area contributed by atoms with Crippen LogP contribution in [0.3, 0.4) is 0 Å². The molecule has 0 saturated carbocycles. The molecule has 3 heterocycles. The number of amides is 2. The largest absolute Gasteiger partial charge is 0.477 e. The molecule has 0 bridgehead atoms. The summed E-state index contributed by atoms with van der Waals surface area (Å²) in [6, 6.07) is -0.989. The number of hydrogen-bond donors (Lipinski definition) is 3. The number of carbonyl (C=O) groups excluding carboxylic acids is 3. The highest BCUT2D eigenvalue weighted by atomic mass is 32.2. The average molecular weight is 499 g/mol. The molecule has 178 valence electrons. The van der Waals surface area contributed by atoms with Gasteiger partial charge in [0.05, 0.1) is 0 Å². The number of thioether (sulfide) groups is 1. The minimum atomic E-state index is -1.21. The number of esters is 1. The van der Waals surface area contributed by atoms with E-state index in [1.807, 2.05) is 0 Å². The van der Waals surface area contributed by atoms with Gasteiger partial charge >= 0.3 is 11.9 Å². The number of aliphatic carboxylic acids is 1. The number of fused-ring (bicyclic) bond motifs is 1. The van der Waals surface area contributed by atoms with Crippen molar-refractivity contribution in [1.82, 2.24) is 19.6 Å². The first-order valence-electron chi connectivity index (χ1n) is 9.59. The molecule has 33 heavy (non-hydrogen) atoms. The SMILES string of the molecule is CC1=C(C(=O)O)N2C(=O)C(NC(=O)/C(=N\OCC(=O)OC(C)(C)C)c3nsc(N)n3)[C@H]2SC1. The number of carboxylic acid groups (broad SMARTS) is 1. The number of ether oxygens (including phenoxy) is 1. The molecule has 13 nitrogen and oxygen atoms in total. The Morgan fingerprint density at radius 3 is 2.64 bits per heavy atom. The summed E-state index contributed by atoms with van der Waals surface area (Å²) in [5, 5.41) is 15.1. The maximum absolute atomic E-state index is 12.9. The Bertz CT molecular complexity index is 1060. The predicted molar refractivity (Wildman–Crippen MR) is 118 cm³/mol. The van der Waals surface area contributed by atoms with Crippen LogP contribution >= 0.6 is 23.3 Å². The Morgan fingerprint density at radius 2 is 2.06 bits per heavy atom. The lowest BCUT2D eigenvalue weighted by Gasteiger charge is -2.49. The van der Waals surface area contributed by atoms with Crippen molar-refractivity contribution in [3.8, 4) is 0 Å². The van der Waals surface area contributed by atoms with Gasteiger partial charge in [-0.3, -0.25) is 14.5 Å². The first kappa shape index (κ1) is 24.4. The lowest BCUT2D eigenvalue weighted by molar-refractivity contribution is -0.160. The monoisotopic (exact) mass is 498 g/mol. The molecule has 1 aromatic rings. The highest BCUT2D eigenvalue weighted by Crippen LogP contribution is 2.40. The predicted octanol–water partition coefficient (Wildman–Crippen LogP) is -0.0588. The van der Waals surface area contributed by atoms with Crippen LogP contribution in [0.4, 0.5) is 5.13 Å². The minimum absolute atomic E-state index is 0.0677. The summed E-state index contributed by atoms with van der Waals surface area (Å²) in [6.07, 6.45) is 0. The third kappa shape index (κ3) is 5.42. The topological polar surface area (TPSA) is 186 Å². The molecule has 2 aliphatic rings. The van der Waals surface area contributed by atoms with E-state index in [-0.39, 0.29) is 16.7 Å². The molecule has 2 amide bonds. The molecular weight excluding hydrogens is 476 g/mol. The van der Waals surface area contributed by atoms with Crippen molar-refractivity contribution in [2.24, 2.45) is 5.16 Å². The van der Waals surface area contributed by atoms with Gasteiger partial charge in [-0.1, -0.05) is 5.16 Å². The highest BCUT2D eigenvalue weighted by Gasteiger charge is 2.54. The molecule has 1 aromatic heterocycles. The number of nitrogens with two attached hydrogens (primary N) is 1. The molecule has 0 aromatic carbocycles. The summed E-state index contributed by atoms with van der Waals surface area (Å²) in [4.78, 5) is 58.9. The smallest absolute Gasteiger partial charge is 0.352 e. The van der Waals surface area contributed by atoms with Crippen LogP contribution in [0.2, 0.25) is 0 Å². The van der Waals surface area contributed by atoms with Crippen LogP contribution in [0.15, 0.2) is 16.4 Å². The van der Waals surface area contributed by atoms with Crippen molar-refractivity contribution >= 4 is 57.9 Å². The van der Waals surface area contributed by atoms with Gasteiger partial charge in [-0.2, -0.15) is 9.36 Å². The van der Waals surface area contributed by atoms with Crippen LogP contribution in [-0.4, -0.2) is 78.2 Å². The fraction of sp³-hybridized carbons (Fsp3) is 0.500. The van der Waals surface area contributed by atoms with Gasteiger partial charge < -0.3 is 25.7 Å². The Hall–Kier alpha value is -3.20. The molecule has 4 N–H and O–H groups in total. The van der Waals surface area contributed by atoms with Crippen molar-refractivity contribution in [3.05, 3.63) is 17.1 Å². The summed E-state index contributed by atoms with van der Waals surface area (Å²) in [5.74, 6) is -3.09. The van der Waals surface area contributed by atoms with E-state index in [2.05, 4.69) is 19.8 Å². The number of aromatic nitrogens is 2. The van der Waals surface area contributed by atoms with Gasteiger partial charge in [0, 0.05) is 17.3 Å². The quantitative estimate of drug-likeness (QED) is 0.198. The number of oxime groups is 1. The van der Waals surface area contributed by atoms with E-state index in [0.29, 0.717) is 11.3 Å². The normalized spacial score (nSPS) is 20.7. The summed E-state index contributed by atoms with van der Waals surface area (Å²) < 4.78 is 9.03. The van der Waals surface area contributed by atoms with Crippen molar-refractivity contribution in [1.29, 1.82) is 0 Å². The summed E-state index contributed by atoms with van der Waals surface area (Å²) >= 11 is 2.14. The molecule has 1 fully saturated rings. The van der Waals surface area contributed by atoms with Crippen molar-refractivity contribution < 1.29 is 33.9 Å². The molecule has 1 saturated heterocycles. The van der Waals surface area contributed by atoms with Crippen LogP contribution in [0.5, 0.6) is 0 Å². The van der Waals surface area contributed by atoms with E-state index in [1.54, 1.807) is 27.7 Å². The van der Waals surface area contributed by atoms with Crippen LogP contribution < -0.4 is 11.1 Å². The van der Waals surface area contributed by atoms with Gasteiger partial charge in [-0.05, 0) is 33.3 Å². The molecule has 15 heteroatoms. The van der Waals surface area contributed by atoms with Gasteiger partial charge in [0.2, 0.25) is 18.1 Å². The van der Waals surface area contributed by atoms with E-state index >= 15 is 0 Å². The highest BCUT2D eigenvalue weighted by molar-refractivity contribution is 8.00. The number of β-lactam (4-membered cyclic amide) rings is 1. The Labute approximate surface area is 196 Å². The number of rotatable bonds is 7. The maximum atomic E-state index is 12.9. The second-order valence-electron chi connectivity index (χ2n) is 8.05. The Kier molecular flexibility index (Phi) is 6.92. The van der Waals surface area contributed by atoms with Crippen molar-refractivity contribution in [3.63, 3.8) is 0 Å². The molecule has 0 radical (unpaired) electrons. The maximum Gasteiger partial charge on any atom is 0.352 e. The van der Waals surface area contributed by atoms with Crippen LogP contribution in [0.25, 0.3) is 0 Å². The van der Waals surface area contributed by atoms with Crippen LogP contribution in [0.1, 0.15) is 33.5 Å². The molecule has 2 aliphatic heterocycles. The average Bonchev–Trinajstić information content (AvgIpc) is 3.13. The number of anilines is 1. The lowest BCUT2D eigenvalue weighted by Crippen LogP contribution is -2.71. The fourth-order valence-electron chi connectivity index (χ4n) is 3.02. The third-order valence-corrected chi connectivity index (χ3v) is 6.24. The molecule has 0 aliphatic carbocycles. The van der Waals surface area contributed by atoms with E-state index in [9.17, 15) is 24.3 Å². The summed E-state index contributed by atoms with van der Waals surface area (Å²) in [6.45, 7) is 6.11. The van der Waals surface area contributed by atoms with Gasteiger partial charge in [0.15, 0.2) is 5.13 Å². The molecular formula is C18H22N6O7S2. The summed E-state index contributed by atoms with van der Waals surface area (Å²) in [5.41, 5.74) is 4.93. The molecule has 3 rings (SSSR count). The number of nitrogens with one attached hydrogen (secondary N) is 1. The zero-order valence-electron chi connectivity index (χ0n) is 18.1. The van der Waals surface area contributed by atoms with Gasteiger partial charge in [-0.25, -0.2) is 9.59 Å². The van der Waals surface area contributed by atoms with Gasteiger partial charge in [0.1, 0.15) is 22.7 Å². The third-order valence-electron chi connectivity index (χ3n) is 4.27. The minimum Gasteiger partial charge on any atom is -0.477 e. The number of nitrogen functional groups attached to an aromatic ring is 1. The second kappa shape index (κ2) is 9.35. The second-order valence-corrected chi connectivity index (χ2v) is 9.94. The Morgan fingerprint density at radius 1 is 1.36 bits per heavy atom. The van der Waals surface area contributed by atoms with Crippen LogP contribution in [-0.2, 0) is 28.8 Å². The van der Waals surface area contributed by atoms with Crippen LogP contribution in [0, 0.1) is 0 Å². The fourth-order valence-corrected chi connectivity index (χ4v) is 4.75. The lowest BCUT2D eigenvalue weighted by atomic mass is 10.0. The molecule has 0 spiro atoms. The van der Waals surface area contributed by atoms with E-state index in [1.165, 1.54) is 11.8 Å². The zero-order chi connectivity index (χ0) is 24.5. The number of carboxylic acids is 1. The van der Waals surface area contributed by atoms with E-state index in [0.717, 1.165) is 16.4 Å². The van der Waals surface area contributed by atoms with Gasteiger partial charge in [0.25, 0.3) is 11.8 Å². The molecule has 2 atom stereocenters. The van der Waals surface area contributed by atoms with Crippen molar-refractivity contribution in [2.75, 3.05) is 18.1 Å². The number of carbonyl (C=O) groups is 4. The van der Waals surface area contributed by atoms with Gasteiger partial charge in [-0.15, -0.1) is 11.8 Å². The first-order chi connectivity index (χ1) is 15.4. The number of nitrogens with zero attached hydrogens (tertiary/aromatic N) is 4. The Balaban J connectivity index is 1.73. The first-order valence-corrected chi connectivity index (χ1v) is 11.4.